The van der Waals surface area contributed by atoms with Crippen molar-refractivity contribution in [2.75, 3.05) is 26.2 Å². The molecule has 0 aromatic rings. The minimum Gasteiger partial charge on any atom is -0.480 e. The second-order valence-corrected chi connectivity index (χ2v) is 13.4. The Kier molecular flexibility index (Phi) is 26.5. The third-order valence-corrected chi connectivity index (χ3v) is 8.37. The lowest BCUT2D eigenvalue weighted by Crippen LogP contribution is -2.59. The fraction of sp³-hybridized carbons (Fsp3) is 0.697. The molecule has 25 nitrogen and oxygen atoms in total. The molecule has 0 spiro atoms. The Hall–Kier alpha value is -5.82. The first-order valence-corrected chi connectivity index (χ1v) is 18.9. The van der Waals surface area contributed by atoms with Gasteiger partial charge in [-0.2, -0.15) is 0 Å². The molecule has 0 aliphatic heterocycles. The fourth-order valence-corrected chi connectivity index (χ4v) is 5.27. The summed E-state index contributed by atoms with van der Waals surface area (Å²) < 4.78 is 0. The molecule has 0 saturated carbocycles. The van der Waals surface area contributed by atoms with Crippen molar-refractivity contribution in [3.63, 3.8) is 0 Å². The van der Waals surface area contributed by atoms with Crippen molar-refractivity contribution in [3.05, 3.63) is 0 Å². The predicted octanol–water partition coefficient (Wildman–Crippen LogP) is -6.67. The number of carboxylic acids is 1. The van der Waals surface area contributed by atoms with E-state index in [0.717, 1.165) is 0 Å². The summed E-state index contributed by atoms with van der Waals surface area (Å²) in [6, 6.07) is -8.16. The highest BCUT2D eigenvalue weighted by atomic mass is 16.4. The van der Waals surface area contributed by atoms with Crippen LogP contribution in [0.4, 0.5) is 0 Å². The Morgan fingerprint density at radius 1 is 0.466 bits per heavy atom. The van der Waals surface area contributed by atoms with E-state index >= 15 is 0 Å². The molecule has 0 heterocycles. The van der Waals surface area contributed by atoms with Gasteiger partial charge in [0, 0.05) is 19.5 Å². The molecular formula is C33H64N16O9. The van der Waals surface area contributed by atoms with Crippen molar-refractivity contribution < 1.29 is 43.5 Å². The number of guanidine groups is 2. The fourth-order valence-electron chi connectivity index (χ4n) is 5.27. The predicted molar refractivity (Wildman–Crippen MR) is 213 cm³/mol. The lowest BCUT2D eigenvalue weighted by molar-refractivity contribution is -0.142. The molecule has 0 bridgehead atoms. The largest absolute Gasteiger partial charge is 0.480 e. The second-order valence-electron chi connectivity index (χ2n) is 13.4. The Bertz CT molecular complexity index is 1420. The zero-order valence-electron chi connectivity index (χ0n) is 32.8. The average molecular weight is 829 g/mol. The van der Waals surface area contributed by atoms with Gasteiger partial charge >= 0.3 is 5.97 Å². The van der Waals surface area contributed by atoms with Crippen molar-refractivity contribution in [3.8, 4) is 0 Å². The number of carbonyl (C=O) groups excluding carboxylic acids is 7. The highest BCUT2D eigenvalue weighted by molar-refractivity contribution is 5.97. The van der Waals surface area contributed by atoms with Gasteiger partial charge in [-0.3, -0.25) is 43.5 Å². The van der Waals surface area contributed by atoms with Crippen LogP contribution in [0.3, 0.4) is 0 Å². The monoisotopic (exact) mass is 829 g/mol. The van der Waals surface area contributed by atoms with Crippen molar-refractivity contribution in [2.45, 2.75) is 120 Å². The molecule has 6 atom stereocenters. The molecule has 0 saturated heterocycles. The molecule has 0 unspecified atom stereocenters. The summed E-state index contributed by atoms with van der Waals surface area (Å²) in [5, 5.41) is 22.0. The third-order valence-electron chi connectivity index (χ3n) is 8.37. The maximum atomic E-state index is 13.8. The van der Waals surface area contributed by atoms with Gasteiger partial charge in [-0.15, -0.1) is 0 Å². The van der Waals surface area contributed by atoms with E-state index in [1.54, 1.807) is 0 Å². The van der Waals surface area contributed by atoms with Crippen LogP contribution >= 0.6 is 0 Å². The number of nitrogens with zero attached hydrogens (tertiary/aromatic N) is 2. The molecule has 24 N–H and O–H groups in total. The van der Waals surface area contributed by atoms with Crippen LogP contribution < -0.4 is 78.2 Å². The molecule has 0 aliphatic rings. The molecular weight excluding hydrogens is 764 g/mol. The number of primary amides is 2. The maximum absolute atomic E-state index is 13.8. The van der Waals surface area contributed by atoms with Gasteiger partial charge in [0.15, 0.2) is 11.9 Å². The average Bonchev–Trinajstić information content (AvgIpc) is 3.14. The quantitative estimate of drug-likeness (QED) is 0.0170. The van der Waals surface area contributed by atoms with E-state index in [1.807, 2.05) is 0 Å². The zero-order valence-corrected chi connectivity index (χ0v) is 32.8. The molecule has 25 heteroatoms. The van der Waals surface area contributed by atoms with Crippen LogP contribution in [0.1, 0.15) is 83.5 Å². The van der Waals surface area contributed by atoms with E-state index in [9.17, 15) is 43.5 Å². The van der Waals surface area contributed by atoms with Crippen molar-refractivity contribution in [2.24, 2.45) is 61.6 Å². The Balaban J connectivity index is 6.39. The smallest absolute Gasteiger partial charge is 0.326 e. The summed E-state index contributed by atoms with van der Waals surface area (Å²) >= 11 is 0. The van der Waals surface area contributed by atoms with Gasteiger partial charge in [-0.05, 0) is 83.7 Å². The van der Waals surface area contributed by atoms with E-state index in [-0.39, 0.29) is 83.0 Å². The van der Waals surface area contributed by atoms with E-state index < -0.39 is 90.0 Å². The van der Waals surface area contributed by atoms with Crippen LogP contribution in [0.15, 0.2) is 9.98 Å². The first-order valence-electron chi connectivity index (χ1n) is 18.9. The van der Waals surface area contributed by atoms with Crippen molar-refractivity contribution in [1.29, 1.82) is 0 Å². The maximum Gasteiger partial charge on any atom is 0.326 e. The summed E-state index contributed by atoms with van der Waals surface area (Å²) in [5.41, 5.74) is 49.1. The summed E-state index contributed by atoms with van der Waals surface area (Å²) in [7, 11) is 0. The molecule has 0 aromatic carbocycles. The van der Waals surface area contributed by atoms with Crippen molar-refractivity contribution in [1.82, 2.24) is 26.6 Å². The minimum atomic E-state index is -1.54. The van der Waals surface area contributed by atoms with E-state index in [1.165, 1.54) is 0 Å². The van der Waals surface area contributed by atoms with E-state index in [4.69, 9.17) is 51.6 Å². The number of hydrogen-bond acceptors (Lipinski definition) is 13. The van der Waals surface area contributed by atoms with Gasteiger partial charge in [0.25, 0.3) is 0 Å². The minimum absolute atomic E-state index is 0.00462. The Morgan fingerprint density at radius 2 is 0.845 bits per heavy atom. The summed E-state index contributed by atoms with van der Waals surface area (Å²) in [4.78, 5) is 110. The molecule has 0 rings (SSSR count). The van der Waals surface area contributed by atoms with Gasteiger partial charge < -0.3 is 83.3 Å². The number of nitrogens with one attached hydrogen (secondary N) is 5. The van der Waals surface area contributed by atoms with Crippen LogP contribution in [0, 0.1) is 0 Å². The van der Waals surface area contributed by atoms with Crippen LogP contribution in [0.25, 0.3) is 0 Å². The lowest BCUT2D eigenvalue weighted by Gasteiger charge is -2.27. The summed E-state index contributed by atoms with van der Waals surface area (Å²) in [5.74, 6) is -7.86. The van der Waals surface area contributed by atoms with Crippen molar-refractivity contribution >= 4 is 59.2 Å². The molecule has 330 valence electrons. The number of hydrogen-bond donors (Lipinski definition) is 15. The van der Waals surface area contributed by atoms with Crippen LogP contribution in [-0.2, 0) is 38.4 Å². The lowest BCUT2D eigenvalue weighted by atomic mass is 10.0. The number of carboxylic acid groups (broad SMARTS) is 1. The van der Waals surface area contributed by atoms with E-state index in [0.29, 0.717) is 32.1 Å². The number of unbranched alkanes of at least 4 members (excludes halogenated alkanes) is 2. The molecule has 0 aliphatic carbocycles. The van der Waals surface area contributed by atoms with Gasteiger partial charge in [0.2, 0.25) is 41.4 Å². The molecule has 0 aromatic heterocycles. The van der Waals surface area contributed by atoms with Gasteiger partial charge in [-0.1, -0.05) is 0 Å². The number of aliphatic imine (C=N–C) groups is 2. The Labute approximate surface area is 336 Å². The summed E-state index contributed by atoms with van der Waals surface area (Å²) in [6.45, 7) is 0.743. The van der Waals surface area contributed by atoms with Gasteiger partial charge in [0.1, 0.15) is 30.2 Å². The highest BCUT2D eigenvalue weighted by Crippen LogP contribution is 2.09. The highest BCUT2D eigenvalue weighted by Gasteiger charge is 2.33. The summed E-state index contributed by atoms with van der Waals surface area (Å²) in [6.07, 6.45) is 0.818. The Morgan fingerprint density at radius 3 is 1.22 bits per heavy atom. The first-order chi connectivity index (χ1) is 27.3. The number of amides is 7. The molecule has 0 fully saturated rings. The normalized spacial score (nSPS) is 13.8. The first kappa shape index (κ1) is 52.2. The number of aliphatic carboxylic acids is 1. The molecule has 58 heavy (non-hydrogen) atoms. The number of rotatable bonds is 32. The molecule has 7 amide bonds. The van der Waals surface area contributed by atoms with E-state index in [2.05, 4.69) is 36.6 Å². The number of nitrogens with two attached hydrogens (primary N) is 9. The SMILES string of the molecule is NCCCC[C@H](NC(=O)[C@H](CCCN=C(N)N)NC(=O)[C@H](CCCCN)NC(=O)[C@H](CC(N)=O)NC(=O)[C@@H](N)CCCN=C(N)N)C(=O)N[C@@H](CCC(N)=O)C(=O)O. The zero-order chi connectivity index (χ0) is 44.2. The van der Waals surface area contributed by atoms with Crippen LogP contribution in [-0.4, -0.2) is 127 Å². The second kappa shape index (κ2) is 29.4. The molecule has 0 radical (unpaired) electrons. The number of carbonyl (C=O) groups is 8. The standard InChI is InChI=1S/C33H64N16O9/c34-13-3-1-8-19(47-30(56)23(17-25(38)51)49-26(52)18(36)7-5-15-43-32(39)40)27(53)46-21(10-6-16-44-33(41)42)28(54)45-20(9-2-4-14-35)29(55)48-22(31(57)58)11-12-24(37)50/h18-23H,1-17,34-36H2,(H2,37,50)(H2,38,51)(H,45,54)(H,46,53)(H,47,56)(H,48,55)(H,49,52)(H,57,58)(H4,39,40,43)(H4,41,42,44)/t18-,19-,20-,21-,22-,23-/m0/s1. The van der Waals surface area contributed by atoms with Crippen LogP contribution in [0.2, 0.25) is 0 Å². The third kappa shape index (κ3) is 24.0. The van der Waals surface area contributed by atoms with Gasteiger partial charge in [-0.25, -0.2) is 4.79 Å². The van der Waals surface area contributed by atoms with Crippen LogP contribution in [0.5, 0.6) is 0 Å². The van der Waals surface area contributed by atoms with Gasteiger partial charge in [0.05, 0.1) is 12.5 Å². The topological polar surface area (TPSA) is 476 Å².